The molecule has 2 nitrogen and oxygen atoms in total. The Morgan fingerprint density at radius 3 is 2.39 bits per heavy atom. The van der Waals surface area contributed by atoms with Gasteiger partial charge in [0.25, 0.3) is 0 Å². The van der Waals surface area contributed by atoms with Gasteiger partial charge in [0.15, 0.2) is 0 Å². The second-order valence-electron chi connectivity index (χ2n) is 4.59. The van der Waals surface area contributed by atoms with Gasteiger partial charge >= 0.3 is 7.12 Å². The van der Waals surface area contributed by atoms with E-state index in [0.29, 0.717) is 5.02 Å². The highest BCUT2D eigenvalue weighted by molar-refractivity contribution is 6.60. The summed E-state index contributed by atoms with van der Waals surface area (Å²) >= 11 is 5.82. The average Bonchev–Trinajstić information content (AvgIpc) is 2.37. The quantitative estimate of drug-likeness (QED) is 0.732. The van der Waals surface area contributed by atoms with Crippen molar-refractivity contribution in [3.8, 4) is 0 Å². The van der Waals surface area contributed by atoms with Crippen molar-refractivity contribution in [2.24, 2.45) is 0 Å². The highest BCUT2D eigenvalue weighted by atomic mass is 35.5. The molecule has 0 heterocycles. The van der Waals surface area contributed by atoms with Gasteiger partial charge in [-0.25, -0.2) is 0 Å². The SMILES string of the molecule is CCCCC(CCC)OB(O)c1ccc(Cl)cc1. The van der Waals surface area contributed by atoms with E-state index in [-0.39, 0.29) is 6.10 Å². The smallest absolute Gasteiger partial charge is 0.423 e. The van der Waals surface area contributed by atoms with E-state index in [9.17, 15) is 5.02 Å². The third-order valence-corrected chi connectivity index (χ3v) is 3.22. The molecule has 1 unspecified atom stereocenters. The number of hydrogen-bond donors (Lipinski definition) is 1. The van der Waals surface area contributed by atoms with Crippen LogP contribution in [0.15, 0.2) is 24.3 Å². The second kappa shape index (κ2) is 8.57. The molecule has 0 aliphatic heterocycles. The predicted molar refractivity (Wildman–Crippen MR) is 78.4 cm³/mol. The molecular formula is C14H22BClO2. The van der Waals surface area contributed by atoms with E-state index >= 15 is 0 Å². The minimum atomic E-state index is -0.851. The zero-order valence-corrected chi connectivity index (χ0v) is 12.0. The van der Waals surface area contributed by atoms with Crippen LogP contribution >= 0.6 is 11.6 Å². The molecule has 0 saturated carbocycles. The number of hydrogen-bond acceptors (Lipinski definition) is 2. The van der Waals surface area contributed by atoms with E-state index in [2.05, 4.69) is 13.8 Å². The molecule has 1 aromatic carbocycles. The van der Waals surface area contributed by atoms with Gasteiger partial charge in [-0.15, -0.1) is 0 Å². The molecule has 1 atom stereocenters. The summed E-state index contributed by atoms with van der Waals surface area (Å²) in [5.41, 5.74) is 0.761. The number of unbranched alkanes of at least 4 members (excludes halogenated alkanes) is 1. The standard InChI is InChI=1S/C14H22BClO2/c1-3-5-7-14(6-4-2)18-15(17)12-8-10-13(16)11-9-12/h8-11,14,17H,3-7H2,1-2H3. The zero-order valence-electron chi connectivity index (χ0n) is 11.2. The number of rotatable bonds is 8. The van der Waals surface area contributed by atoms with Gasteiger partial charge in [-0.05, 0) is 30.4 Å². The van der Waals surface area contributed by atoms with Gasteiger partial charge in [0.05, 0.1) is 0 Å². The van der Waals surface area contributed by atoms with Gasteiger partial charge in [-0.2, -0.15) is 0 Å². The molecule has 0 fully saturated rings. The lowest BCUT2D eigenvalue weighted by Gasteiger charge is -2.19. The Morgan fingerprint density at radius 1 is 1.17 bits per heavy atom. The first-order valence-electron chi connectivity index (χ1n) is 6.76. The molecule has 1 aromatic rings. The Morgan fingerprint density at radius 2 is 1.83 bits per heavy atom. The monoisotopic (exact) mass is 268 g/mol. The maximum absolute atomic E-state index is 10.0. The van der Waals surface area contributed by atoms with E-state index in [0.717, 1.165) is 37.6 Å². The van der Waals surface area contributed by atoms with Crippen LogP contribution in [-0.2, 0) is 4.65 Å². The van der Waals surface area contributed by atoms with Crippen LogP contribution in [0.5, 0.6) is 0 Å². The van der Waals surface area contributed by atoms with Crippen molar-refractivity contribution in [1.82, 2.24) is 0 Å². The maximum atomic E-state index is 10.0. The first-order valence-corrected chi connectivity index (χ1v) is 7.14. The highest BCUT2D eigenvalue weighted by Crippen LogP contribution is 2.12. The molecule has 0 bridgehead atoms. The summed E-state index contributed by atoms with van der Waals surface area (Å²) in [7, 11) is -0.851. The molecular weight excluding hydrogens is 246 g/mol. The molecule has 0 aromatic heterocycles. The predicted octanol–water partition coefficient (Wildman–Crippen LogP) is 3.40. The Bertz CT molecular complexity index is 329. The molecule has 18 heavy (non-hydrogen) atoms. The van der Waals surface area contributed by atoms with Crippen LogP contribution in [0.2, 0.25) is 5.02 Å². The molecule has 0 aliphatic rings. The Labute approximate surface area is 115 Å². The van der Waals surface area contributed by atoms with Gasteiger partial charge in [0.1, 0.15) is 0 Å². The van der Waals surface area contributed by atoms with Crippen molar-refractivity contribution in [2.45, 2.75) is 52.1 Å². The number of benzene rings is 1. The first kappa shape index (κ1) is 15.6. The van der Waals surface area contributed by atoms with Gasteiger partial charge in [0.2, 0.25) is 0 Å². The van der Waals surface area contributed by atoms with Crippen LogP contribution in [0.25, 0.3) is 0 Å². The maximum Gasteiger partial charge on any atom is 0.491 e. The minimum Gasteiger partial charge on any atom is -0.423 e. The Hall–Kier alpha value is -0.505. The minimum absolute atomic E-state index is 0.139. The van der Waals surface area contributed by atoms with Crippen molar-refractivity contribution in [3.63, 3.8) is 0 Å². The molecule has 1 N–H and O–H groups in total. The van der Waals surface area contributed by atoms with Gasteiger partial charge in [-0.1, -0.05) is 56.8 Å². The summed E-state index contributed by atoms with van der Waals surface area (Å²) in [6.07, 6.45) is 5.50. The third kappa shape index (κ3) is 5.43. The van der Waals surface area contributed by atoms with Gasteiger partial charge in [0, 0.05) is 11.1 Å². The van der Waals surface area contributed by atoms with Crippen molar-refractivity contribution in [3.05, 3.63) is 29.3 Å². The fourth-order valence-electron chi connectivity index (χ4n) is 1.92. The van der Waals surface area contributed by atoms with Crippen molar-refractivity contribution in [2.75, 3.05) is 0 Å². The van der Waals surface area contributed by atoms with Gasteiger partial charge < -0.3 is 9.68 Å². The number of halogens is 1. The fraction of sp³-hybridized carbons (Fsp3) is 0.571. The summed E-state index contributed by atoms with van der Waals surface area (Å²) in [6, 6.07) is 7.14. The lowest BCUT2D eigenvalue weighted by Crippen LogP contribution is -2.37. The lowest BCUT2D eigenvalue weighted by atomic mass is 9.79. The summed E-state index contributed by atoms with van der Waals surface area (Å²) < 4.78 is 5.73. The largest absolute Gasteiger partial charge is 0.491 e. The highest BCUT2D eigenvalue weighted by Gasteiger charge is 2.21. The molecule has 0 spiro atoms. The van der Waals surface area contributed by atoms with Gasteiger partial charge in [-0.3, -0.25) is 0 Å². The van der Waals surface area contributed by atoms with Crippen LogP contribution in [0.4, 0.5) is 0 Å². The fourth-order valence-corrected chi connectivity index (χ4v) is 2.05. The third-order valence-electron chi connectivity index (χ3n) is 2.97. The van der Waals surface area contributed by atoms with E-state index in [1.54, 1.807) is 24.3 Å². The summed E-state index contributed by atoms with van der Waals surface area (Å²) in [6.45, 7) is 4.30. The van der Waals surface area contributed by atoms with Crippen LogP contribution < -0.4 is 5.46 Å². The summed E-state index contributed by atoms with van der Waals surface area (Å²) in [5.74, 6) is 0. The average molecular weight is 269 g/mol. The second-order valence-corrected chi connectivity index (χ2v) is 5.03. The van der Waals surface area contributed by atoms with E-state index < -0.39 is 7.12 Å². The van der Waals surface area contributed by atoms with E-state index in [1.165, 1.54) is 0 Å². The van der Waals surface area contributed by atoms with Crippen molar-refractivity contribution in [1.29, 1.82) is 0 Å². The van der Waals surface area contributed by atoms with Crippen molar-refractivity contribution < 1.29 is 9.68 Å². The normalized spacial score (nSPS) is 12.4. The topological polar surface area (TPSA) is 29.5 Å². The Balaban J connectivity index is 2.53. The van der Waals surface area contributed by atoms with E-state index in [4.69, 9.17) is 16.3 Å². The molecule has 0 aliphatic carbocycles. The molecule has 1 rings (SSSR count). The Kier molecular flexibility index (Phi) is 7.41. The van der Waals surface area contributed by atoms with Crippen LogP contribution in [-0.4, -0.2) is 18.2 Å². The molecule has 0 radical (unpaired) electrons. The molecule has 0 amide bonds. The van der Waals surface area contributed by atoms with Crippen LogP contribution in [0.1, 0.15) is 46.0 Å². The van der Waals surface area contributed by atoms with Crippen LogP contribution in [0.3, 0.4) is 0 Å². The molecule has 4 heteroatoms. The summed E-state index contributed by atoms with van der Waals surface area (Å²) in [4.78, 5) is 0. The first-order chi connectivity index (χ1) is 8.67. The lowest BCUT2D eigenvalue weighted by molar-refractivity contribution is 0.151. The zero-order chi connectivity index (χ0) is 13.4. The molecule has 0 saturated heterocycles. The molecule has 100 valence electrons. The summed E-state index contributed by atoms with van der Waals surface area (Å²) in [5, 5.41) is 10.7. The van der Waals surface area contributed by atoms with Crippen LogP contribution in [0, 0.1) is 0 Å². The van der Waals surface area contributed by atoms with Crippen molar-refractivity contribution >= 4 is 24.2 Å². The van der Waals surface area contributed by atoms with E-state index in [1.807, 2.05) is 0 Å².